The van der Waals surface area contributed by atoms with Crippen molar-refractivity contribution in [2.45, 2.75) is 70.4 Å². The summed E-state index contributed by atoms with van der Waals surface area (Å²) in [7, 11) is 3.26. The maximum absolute atomic E-state index is 13.7. The maximum atomic E-state index is 13.7. The summed E-state index contributed by atoms with van der Waals surface area (Å²) >= 11 is 1.50. The fourth-order valence-corrected chi connectivity index (χ4v) is 5.81. The highest BCUT2D eigenvalue weighted by Gasteiger charge is 2.36. The Balaban J connectivity index is 1.64. The zero-order valence-corrected chi connectivity index (χ0v) is 18.4. The number of amides is 1. The summed E-state index contributed by atoms with van der Waals surface area (Å²) < 4.78 is 10.8. The van der Waals surface area contributed by atoms with Gasteiger partial charge in [0.15, 0.2) is 11.5 Å². The lowest BCUT2D eigenvalue weighted by Gasteiger charge is -2.34. The van der Waals surface area contributed by atoms with Gasteiger partial charge in [0, 0.05) is 17.6 Å². The zero-order chi connectivity index (χ0) is 20.4. The summed E-state index contributed by atoms with van der Waals surface area (Å²) in [6.45, 7) is 1.95. The van der Waals surface area contributed by atoms with E-state index in [0.29, 0.717) is 23.6 Å². The van der Waals surface area contributed by atoms with Crippen molar-refractivity contribution >= 4 is 17.2 Å². The topological polar surface area (TPSA) is 51.7 Å². The van der Waals surface area contributed by atoms with Crippen LogP contribution in [0.3, 0.4) is 0 Å². The average Bonchev–Trinajstić information content (AvgIpc) is 3.50. The van der Waals surface area contributed by atoms with Gasteiger partial charge in [0.2, 0.25) is 0 Å². The lowest BCUT2D eigenvalue weighted by Crippen LogP contribution is -2.45. The van der Waals surface area contributed by atoms with Gasteiger partial charge in [-0.1, -0.05) is 25.7 Å². The lowest BCUT2D eigenvalue weighted by atomic mass is 10.1. The van der Waals surface area contributed by atoms with Crippen LogP contribution in [0.15, 0.2) is 18.2 Å². The number of hydrogen-bond donors (Lipinski definition) is 0. The fraction of sp³-hybridized carbons (Fsp3) is 0.565. The molecule has 1 aromatic carbocycles. The van der Waals surface area contributed by atoms with E-state index in [1.165, 1.54) is 37.0 Å². The number of methoxy groups -OCH3 is 2. The molecule has 1 amide bonds. The van der Waals surface area contributed by atoms with Crippen molar-refractivity contribution in [1.82, 2.24) is 9.88 Å². The number of hydrogen-bond acceptors (Lipinski definition) is 5. The van der Waals surface area contributed by atoms with E-state index in [-0.39, 0.29) is 5.91 Å². The second-order valence-corrected chi connectivity index (χ2v) is 9.09. The molecule has 2 saturated carbocycles. The van der Waals surface area contributed by atoms with Crippen molar-refractivity contribution in [2.75, 3.05) is 14.2 Å². The molecule has 6 heteroatoms. The third-order valence-corrected chi connectivity index (χ3v) is 7.49. The fourth-order valence-electron chi connectivity index (χ4n) is 4.80. The molecule has 0 bridgehead atoms. The van der Waals surface area contributed by atoms with Crippen molar-refractivity contribution in [3.8, 4) is 22.1 Å². The first-order valence-electron chi connectivity index (χ1n) is 10.6. The Kier molecular flexibility index (Phi) is 6.09. The van der Waals surface area contributed by atoms with Gasteiger partial charge >= 0.3 is 0 Å². The molecular weight excluding hydrogens is 384 g/mol. The van der Waals surface area contributed by atoms with Crippen LogP contribution in [0.2, 0.25) is 0 Å². The van der Waals surface area contributed by atoms with Crippen molar-refractivity contribution in [3.05, 3.63) is 28.8 Å². The van der Waals surface area contributed by atoms with Crippen LogP contribution >= 0.6 is 11.3 Å². The molecule has 5 nitrogen and oxygen atoms in total. The summed E-state index contributed by atoms with van der Waals surface area (Å²) in [5.74, 6) is 1.55. The van der Waals surface area contributed by atoms with Crippen LogP contribution in [0.25, 0.3) is 10.6 Å². The lowest BCUT2D eigenvalue weighted by molar-refractivity contribution is 0.0584. The molecule has 2 aliphatic rings. The number of aryl methyl sites for hydroxylation is 1. The van der Waals surface area contributed by atoms with Gasteiger partial charge < -0.3 is 14.4 Å². The van der Waals surface area contributed by atoms with Crippen molar-refractivity contribution in [2.24, 2.45) is 0 Å². The molecule has 0 saturated heterocycles. The molecule has 156 valence electrons. The number of rotatable bonds is 6. The minimum absolute atomic E-state index is 0.186. The Labute approximate surface area is 177 Å². The van der Waals surface area contributed by atoms with Gasteiger partial charge in [-0.25, -0.2) is 4.98 Å². The van der Waals surface area contributed by atoms with Crippen LogP contribution in [0, 0.1) is 6.92 Å². The minimum atomic E-state index is 0.186. The Morgan fingerprint density at radius 1 is 1.00 bits per heavy atom. The third-order valence-electron chi connectivity index (χ3n) is 6.29. The molecule has 1 aromatic heterocycles. The van der Waals surface area contributed by atoms with Crippen molar-refractivity contribution in [1.29, 1.82) is 0 Å². The third kappa shape index (κ3) is 4.00. The van der Waals surface area contributed by atoms with Crippen LogP contribution in [0.1, 0.15) is 66.7 Å². The van der Waals surface area contributed by atoms with E-state index in [1.807, 2.05) is 25.1 Å². The van der Waals surface area contributed by atoms with Crippen molar-refractivity contribution < 1.29 is 14.3 Å². The molecule has 1 heterocycles. The Morgan fingerprint density at radius 3 is 2.14 bits per heavy atom. The van der Waals surface area contributed by atoms with Gasteiger partial charge in [-0.3, -0.25) is 4.79 Å². The second-order valence-electron chi connectivity index (χ2n) is 8.09. The number of carbonyl (C=O) groups excluding carboxylic acids is 1. The molecule has 0 N–H and O–H groups in total. The SMILES string of the molecule is COc1ccc(-c2nc(C)c(C(=O)N(C3CCCC3)C3CCCC3)s2)cc1OC. The molecule has 0 atom stereocenters. The van der Waals surface area contributed by atoms with E-state index in [4.69, 9.17) is 14.5 Å². The molecule has 0 spiro atoms. The molecule has 4 rings (SSSR count). The number of ether oxygens (including phenoxy) is 2. The smallest absolute Gasteiger partial charge is 0.266 e. The molecule has 0 aliphatic heterocycles. The highest BCUT2D eigenvalue weighted by molar-refractivity contribution is 7.17. The van der Waals surface area contributed by atoms with Gasteiger partial charge in [-0.05, 0) is 50.8 Å². The Bertz CT molecular complexity index is 851. The van der Waals surface area contributed by atoms with E-state index in [1.54, 1.807) is 14.2 Å². The highest BCUT2D eigenvalue weighted by Crippen LogP contribution is 2.38. The Morgan fingerprint density at radius 2 is 1.59 bits per heavy atom. The highest BCUT2D eigenvalue weighted by atomic mass is 32.1. The van der Waals surface area contributed by atoms with E-state index in [0.717, 1.165) is 46.8 Å². The molecule has 0 radical (unpaired) electrons. The number of thiazole rings is 1. The molecule has 0 unspecified atom stereocenters. The van der Waals surface area contributed by atoms with Gasteiger partial charge in [-0.15, -0.1) is 11.3 Å². The van der Waals surface area contributed by atoms with E-state index in [2.05, 4.69) is 4.90 Å². The predicted molar refractivity (Wildman–Crippen MR) is 116 cm³/mol. The summed E-state index contributed by atoms with van der Waals surface area (Å²) in [4.78, 5) is 21.4. The average molecular weight is 415 g/mol. The second kappa shape index (κ2) is 8.74. The first kappa shape index (κ1) is 20.2. The number of carbonyl (C=O) groups is 1. The van der Waals surface area contributed by atoms with Gasteiger partial charge in [0.1, 0.15) is 9.88 Å². The summed E-state index contributed by atoms with van der Waals surface area (Å²) in [5.41, 5.74) is 1.77. The van der Waals surface area contributed by atoms with Crippen LogP contribution in [-0.4, -0.2) is 42.1 Å². The molecule has 29 heavy (non-hydrogen) atoms. The summed E-state index contributed by atoms with van der Waals surface area (Å²) in [6.07, 6.45) is 9.51. The standard InChI is InChI=1S/C23H30N2O3S/c1-15-21(23(26)25(17-8-4-5-9-17)18-10-6-7-11-18)29-22(24-15)16-12-13-19(27-2)20(14-16)28-3/h12-14,17-18H,4-11H2,1-3H3. The van der Waals surface area contributed by atoms with Gasteiger partial charge in [0.05, 0.1) is 19.9 Å². The van der Waals surface area contributed by atoms with Gasteiger partial charge in [-0.2, -0.15) is 0 Å². The molecule has 2 fully saturated rings. The first-order chi connectivity index (χ1) is 14.1. The van der Waals surface area contributed by atoms with Crippen LogP contribution in [0.5, 0.6) is 11.5 Å². The van der Waals surface area contributed by atoms with Crippen LogP contribution < -0.4 is 9.47 Å². The summed E-state index contributed by atoms with van der Waals surface area (Å²) in [6, 6.07) is 6.58. The zero-order valence-electron chi connectivity index (χ0n) is 17.6. The van der Waals surface area contributed by atoms with E-state index in [9.17, 15) is 4.79 Å². The molecular formula is C23H30N2O3S. The van der Waals surface area contributed by atoms with Crippen LogP contribution in [0.4, 0.5) is 0 Å². The first-order valence-corrected chi connectivity index (χ1v) is 11.5. The minimum Gasteiger partial charge on any atom is -0.493 e. The molecule has 2 aromatic rings. The Hall–Kier alpha value is -2.08. The monoisotopic (exact) mass is 414 g/mol. The largest absolute Gasteiger partial charge is 0.493 e. The molecule has 2 aliphatic carbocycles. The number of benzene rings is 1. The number of aromatic nitrogens is 1. The number of nitrogens with zero attached hydrogens (tertiary/aromatic N) is 2. The maximum Gasteiger partial charge on any atom is 0.266 e. The quantitative estimate of drug-likeness (QED) is 0.629. The van der Waals surface area contributed by atoms with E-state index >= 15 is 0 Å². The summed E-state index contributed by atoms with van der Waals surface area (Å²) in [5, 5.41) is 0.851. The normalized spacial score (nSPS) is 17.6. The van der Waals surface area contributed by atoms with Crippen LogP contribution in [-0.2, 0) is 0 Å². The van der Waals surface area contributed by atoms with E-state index < -0.39 is 0 Å². The predicted octanol–water partition coefficient (Wildman–Crippen LogP) is 5.46. The van der Waals surface area contributed by atoms with Crippen molar-refractivity contribution in [3.63, 3.8) is 0 Å². The van der Waals surface area contributed by atoms with Gasteiger partial charge in [0.25, 0.3) is 5.91 Å².